The van der Waals surface area contributed by atoms with Crippen molar-refractivity contribution in [2.24, 2.45) is 0 Å². The number of halogens is 3. The van der Waals surface area contributed by atoms with E-state index >= 15 is 0 Å². The summed E-state index contributed by atoms with van der Waals surface area (Å²) in [6.07, 6.45) is -2.80. The van der Waals surface area contributed by atoms with Gasteiger partial charge in [-0.1, -0.05) is 0 Å². The monoisotopic (exact) mass is 414 g/mol. The minimum absolute atomic E-state index is 0.133. The zero-order valence-electron chi connectivity index (χ0n) is 15.5. The fourth-order valence-corrected chi connectivity index (χ4v) is 3.74. The van der Waals surface area contributed by atoms with Gasteiger partial charge in [-0.3, -0.25) is 0 Å². The van der Waals surface area contributed by atoms with Crippen molar-refractivity contribution >= 4 is 28.7 Å². The van der Waals surface area contributed by atoms with E-state index in [4.69, 9.17) is 4.74 Å². The lowest BCUT2D eigenvalue weighted by Gasteiger charge is -2.31. The molecule has 152 valence electrons. The number of aromatic nitrogens is 1. The Balaban J connectivity index is 1.81. The van der Waals surface area contributed by atoms with Crippen molar-refractivity contribution in [3.8, 4) is 0 Å². The highest BCUT2D eigenvalue weighted by atomic mass is 32.1. The lowest BCUT2D eigenvalue weighted by molar-refractivity contribution is -0.137. The Labute approximate surface area is 164 Å². The van der Waals surface area contributed by atoms with Gasteiger partial charge in [-0.15, -0.1) is 11.3 Å². The van der Waals surface area contributed by atoms with Crippen molar-refractivity contribution in [3.05, 3.63) is 39.8 Å². The Bertz CT molecular complexity index is 834. The summed E-state index contributed by atoms with van der Waals surface area (Å²) < 4.78 is 44.8. The van der Waals surface area contributed by atoms with Crippen molar-refractivity contribution in [2.45, 2.75) is 19.6 Å². The van der Waals surface area contributed by atoms with Crippen LogP contribution in [0.2, 0.25) is 0 Å². The second-order valence-corrected chi connectivity index (χ2v) is 7.78. The number of thiazole rings is 1. The van der Waals surface area contributed by atoms with E-state index in [0.717, 1.165) is 22.0 Å². The molecule has 6 nitrogen and oxygen atoms in total. The van der Waals surface area contributed by atoms with Gasteiger partial charge in [-0.05, 0) is 25.1 Å². The number of aryl methyl sites for hydroxylation is 1. The van der Waals surface area contributed by atoms with Gasteiger partial charge in [0, 0.05) is 31.2 Å². The molecule has 0 spiro atoms. The van der Waals surface area contributed by atoms with Crippen LogP contribution in [0.15, 0.2) is 24.4 Å². The van der Waals surface area contributed by atoms with Gasteiger partial charge in [0.1, 0.15) is 0 Å². The van der Waals surface area contributed by atoms with E-state index < -0.39 is 17.8 Å². The summed E-state index contributed by atoms with van der Waals surface area (Å²) >= 11 is 1.47. The number of ether oxygens (including phenoxy) is 1. The van der Waals surface area contributed by atoms with Crippen LogP contribution in [-0.4, -0.2) is 49.3 Å². The number of carbonyl (C=O) groups is 1. The summed E-state index contributed by atoms with van der Waals surface area (Å²) in [5.74, 6) is 0. The van der Waals surface area contributed by atoms with E-state index in [1.165, 1.54) is 22.3 Å². The number of rotatable bonds is 4. The average molecular weight is 414 g/mol. The molecule has 2 aromatic rings. The number of urea groups is 1. The first kappa shape index (κ1) is 20.4. The molecule has 1 aromatic carbocycles. The molecule has 2 heterocycles. The minimum Gasteiger partial charge on any atom is -0.378 e. The predicted molar refractivity (Wildman–Crippen MR) is 102 cm³/mol. The van der Waals surface area contributed by atoms with Crippen molar-refractivity contribution in [1.82, 2.24) is 9.88 Å². The summed E-state index contributed by atoms with van der Waals surface area (Å²) in [7, 11) is 1.59. The standard InChI is InChI=1S/C18H21F3N4O2S/c1-12-22-10-14(28-12)11-24(2)17(26)23-15-9-13(18(19,20)21)3-4-16(15)25-5-7-27-8-6-25/h3-4,9-10H,5-8,11H2,1-2H3,(H,23,26). The molecule has 1 N–H and O–H groups in total. The highest BCUT2D eigenvalue weighted by molar-refractivity contribution is 7.11. The maximum atomic E-state index is 13.2. The Hall–Kier alpha value is -2.33. The van der Waals surface area contributed by atoms with E-state index in [1.54, 1.807) is 13.2 Å². The van der Waals surface area contributed by atoms with Crippen LogP contribution in [0.3, 0.4) is 0 Å². The first-order valence-electron chi connectivity index (χ1n) is 8.71. The van der Waals surface area contributed by atoms with Gasteiger partial charge in [0.25, 0.3) is 0 Å². The van der Waals surface area contributed by atoms with Gasteiger partial charge < -0.3 is 19.9 Å². The maximum absolute atomic E-state index is 13.2. The number of nitrogens with zero attached hydrogens (tertiary/aromatic N) is 3. The number of hydrogen-bond donors (Lipinski definition) is 1. The summed E-state index contributed by atoms with van der Waals surface area (Å²) in [6, 6.07) is 2.92. The number of carbonyl (C=O) groups excluding carboxylic acids is 1. The second kappa shape index (κ2) is 8.36. The van der Waals surface area contributed by atoms with Crippen molar-refractivity contribution in [1.29, 1.82) is 0 Å². The molecule has 2 amide bonds. The summed E-state index contributed by atoms with van der Waals surface area (Å²) in [4.78, 5) is 21.0. The molecule has 0 bridgehead atoms. The number of anilines is 2. The maximum Gasteiger partial charge on any atom is 0.416 e. The van der Waals surface area contributed by atoms with Gasteiger partial charge in [0.2, 0.25) is 0 Å². The summed E-state index contributed by atoms with van der Waals surface area (Å²) in [5.41, 5.74) is -0.124. The van der Waals surface area contributed by atoms with Crippen molar-refractivity contribution in [3.63, 3.8) is 0 Å². The lowest BCUT2D eigenvalue weighted by Crippen LogP contribution is -2.37. The van der Waals surface area contributed by atoms with E-state index in [0.29, 0.717) is 38.5 Å². The summed E-state index contributed by atoms with van der Waals surface area (Å²) in [5, 5.41) is 3.52. The van der Waals surface area contributed by atoms with Crippen LogP contribution in [0.1, 0.15) is 15.4 Å². The number of benzene rings is 1. The van der Waals surface area contributed by atoms with Crippen molar-refractivity contribution < 1.29 is 22.7 Å². The number of morpholine rings is 1. The largest absolute Gasteiger partial charge is 0.416 e. The van der Waals surface area contributed by atoms with E-state index in [2.05, 4.69) is 10.3 Å². The Morgan fingerprint density at radius 3 is 2.68 bits per heavy atom. The van der Waals surface area contributed by atoms with Crippen LogP contribution >= 0.6 is 11.3 Å². The van der Waals surface area contributed by atoms with Gasteiger partial charge in [-0.25, -0.2) is 9.78 Å². The molecule has 1 fully saturated rings. The minimum atomic E-state index is -4.49. The van der Waals surface area contributed by atoms with E-state index in [9.17, 15) is 18.0 Å². The molecule has 28 heavy (non-hydrogen) atoms. The third-order valence-corrected chi connectivity index (χ3v) is 5.22. The van der Waals surface area contributed by atoms with Crippen molar-refractivity contribution in [2.75, 3.05) is 43.6 Å². The molecule has 0 unspecified atom stereocenters. The molecule has 3 rings (SSSR count). The molecule has 0 aliphatic carbocycles. The number of alkyl halides is 3. The van der Waals surface area contributed by atoms with Crippen LogP contribution < -0.4 is 10.2 Å². The molecule has 1 aromatic heterocycles. The van der Waals surface area contributed by atoms with Gasteiger partial charge in [-0.2, -0.15) is 13.2 Å². The molecule has 0 saturated carbocycles. The highest BCUT2D eigenvalue weighted by Crippen LogP contribution is 2.36. The third kappa shape index (κ3) is 4.93. The number of amides is 2. The average Bonchev–Trinajstić information content (AvgIpc) is 3.06. The fraction of sp³-hybridized carbons (Fsp3) is 0.444. The zero-order valence-corrected chi connectivity index (χ0v) is 16.4. The molecular weight excluding hydrogens is 393 g/mol. The first-order valence-corrected chi connectivity index (χ1v) is 9.53. The molecule has 1 aliphatic rings. The smallest absolute Gasteiger partial charge is 0.378 e. The molecule has 1 aliphatic heterocycles. The van der Waals surface area contributed by atoms with Crippen LogP contribution in [-0.2, 0) is 17.5 Å². The van der Waals surface area contributed by atoms with E-state index in [-0.39, 0.29) is 5.69 Å². The summed E-state index contributed by atoms with van der Waals surface area (Å²) in [6.45, 7) is 4.25. The van der Waals surface area contributed by atoms with Gasteiger partial charge in [0.05, 0.1) is 41.7 Å². The molecule has 1 saturated heterocycles. The molecule has 10 heteroatoms. The molecule has 0 atom stereocenters. The zero-order chi connectivity index (χ0) is 20.3. The predicted octanol–water partition coefficient (Wildman–Crippen LogP) is 3.97. The van der Waals surface area contributed by atoms with Gasteiger partial charge >= 0.3 is 12.2 Å². The first-order chi connectivity index (χ1) is 13.2. The quantitative estimate of drug-likeness (QED) is 0.823. The van der Waals surface area contributed by atoms with Crippen LogP contribution in [0, 0.1) is 6.92 Å². The topological polar surface area (TPSA) is 57.7 Å². The van der Waals surface area contributed by atoms with Crippen LogP contribution in [0.5, 0.6) is 0 Å². The second-order valence-electron chi connectivity index (χ2n) is 6.46. The SMILES string of the molecule is Cc1ncc(CN(C)C(=O)Nc2cc(C(F)(F)F)ccc2N2CCOCC2)s1. The van der Waals surface area contributed by atoms with E-state index in [1.807, 2.05) is 11.8 Å². The Morgan fingerprint density at radius 1 is 1.36 bits per heavy atom. The molecular formula is C18H21F3N4O2S. The third-order valence-electron chi connectivity index (χ3n) is 4.33. The Morgan fingerprint density at radius 2 is 2.07 bits per heavy atom. The van der Waals surface area contributed by atoms with Crippen LogP contribution in [0.4, 0.5) is 29.3 Å². The fourth-order valence-electron chi connectivity index (χ4n) is 2.89. The van der Waals surface area contributed by atoms with Gasteiger partial charge in [0.15, 0.2) is 0 Å². The highest BCUT2D eigenvalue weighted by Gasteiger charge is 2.32. The number of nitrogens with one attached hydrogen (secondary N) is 1. The normalized spacial score (nSPS) is 14.8. The lowest BCUT2D eigenvalue weighted by atomic mass is 10.1. The van der Waals surface area contributed by atoms with Crippen LogP contribution in [0.25, 0.3) is 0 Å². The molecule has 0 radical (unpaired) electrons. The number of hydrogen-bond acceptors (Lipinski definition) is 5. The Kier molecular flexibility index (Phi) is 6.09.